The van der Waals surface area contributed by atoms with Crippen LogP contribution in [0.1, 0.15) is 103 Å². The molecule has 4 aliphatic carbocycles. The van der Waals surface area contributed by atoms with Gasteiger partial charge in [0, 0.05) is 0 Å². The summed E-state index contributed by atoms with van der Waals surface area (Å²) in [4.78, 5) is 0. The molecule has 4 saturated carbocycles. The Hall–Kier alpha value is -0.560. The lowest BCUT2D eigenvalue weighted by molar-refractivity contribution is 0.190. The van der Waals surface area contributed by atoms with Gasteiger partial charge in [-0.3, -0.25) is 0 Å². The Morgan fingerprint density at radius 2 is 0.963 bits per heavy atom. The Labute approximate surface area is 168 Å². The largest absolute Gasteiger partial charge is 0.373 e. The highest BCUT2D eigenvalue weighted by molar-refractivity contribution is 5.12. The molecule has 152 valence electrons. The maximum Gasteiger partial charge on any atom is 0.0654 e. The molecule has 0 aliphatic heterocycles. The van der Waals surface area contributed by atoms with E-state index in [4.69, 9.17) is 4.74 Å². The standard InChI is InChI=1S/C26H42O/c1-3-7-23(8-4-1)25(19-21-11-12-21)15-17-27-18-16-26(20-22-13-14-22)24-9-5-2-6-10-24/h15-16,21-24H,1-14,17-20H2. The van der Waals surface area contributed by atoms with E-state index in [1.165, 1.54) is 103 Å². The van der Waals surface area contributed by atoms with Crippen molar-refractivity contribution in [1.82, 2.24) is 0 Å². The Morgan fingerprint density at radius 1 is 0.556 bits per heavy atom. The zero-order chi connectivity index (χ0) is 18.3. The van der Waals surface area contributed by atoms with Crippen LogP contribution in [0, 0.1) is 23.7 Å². The van der Waals surface area contributed by atoms with Crippen molar-refractivity contribution >= 4 is 0 Å². The van der Waals surface area contributed by atoms with Gasteiger partial charge in [0.15, 0.2) is 0 Å². The van der Waals surface area contributed by atoms with Crippen LogP contribution in [-0.2, 0) is 4.74 Å². The third-order valence-electron chi connectivity index (χ3n) is 7.63. The number of rotatable bonds is 10. The van der Waals surface area contributed by atoms with E-state index in [0.717, 1.165) is 36.9 Å². The van der Waals surface area contributed by atoms with E-state index in [2.05, 4.69) is 12.2 Å². The minimum absolute atomic E-state index is 0.844. The van der Waals surface area contributed by atoms with E-state index < -0.39 is 0 Å². The molecule has 0 bridgehead atoms. The van der Waals surface area contributed by atoms with Gasteiger partial charge >= 0.3 is 0 Å². The third kappa shape index (κ3) is 6.77. The van der Waals surface area contributed by atoms with Crippen LogP contribution in [0.25, 0.3) is 0 Å². The molecule has 0 aromatic rings. The molecule has 0 amide bonds. The van der Waals surface area contributed by atoms with Gasteiger partial charge in [-0.15, -0.1) is 0 Å². The summed E-state index contributed by atoms with van der Waals surface area (Å²) in [6, 6.07) is 0. The summed E-state index contributed by atoms with van der Waals surface area (Å²) in [6.45, 7) is 1.69. The van der Waals surface area contributed by atoms with Crippen LogP contribution in [0.5, 0.6) is 0 Å². The fourth-order valence-corrected chi connectivity index (χ4v) is 5.49. The van der Waals surface area contributed by atoms with E-state index >= 15 is 0 Å². The predicted octanol–water partition coefficient (Wildman–Crippen LogP) is 7.62. The van der Waals surface area contributed by atoms with Crippen molar-refractivity contribution in [3.8, 4) is 0 Å². The second kappa shape index (κ2) is 10.3. The molecule has 0 atom stereocenters. The average molecular weight is 371 g/mol. The van der Waals surface area contributed by atoms with Gasteiger partial charge in [-0.25, -0.2) is 0 Å². The van der Waals surface area contributed by atoms with Crippen LogP contribution >= 0.6 is 0 Å². The van der Waals surface area contributed by atoms with E-state index in [0.29, 0.717) is 0 Å². The molecule has 0 spiro atoms. The Bertz CT molecular complexity index is 450. The molecule has 4 rings (SSSR count). The van der Waals surface area contributed by atoms with Crippen LogP contribution in [0.3, 0.4) is 0 Å². The third-order valence-corrected chi connectivity index (χ3v) is 7.63. The number of hydrogen-bond donors (Lipinski definition) is 0. The van der Waals surface area contributed by atoms with E-state index in [-0.39, 0.29) is 0 Å². The summed E-state index contributed by atoms with van der Waals surface area (Å²) in [5.41, 5.74) is 3.51. The Kier molecular flexibility index (Phi) is 7.52. The Morgan fingerprint density at radius 3 is 1.33 bits per heavy atom. The van der Waals surface area contributed by atoms with Gasteiger partial charge in [-0.2, -0.15) is 0 Å². The van der Waals surface area contributed by atoms with Crippen LogP contribution in [0.15, 0.2) is 23.3 Å². The molecule has 0 saturated heterocycles. The van der Waals surface area contributed by atoms with Crippen molar-refractivity contribution in [2.45, 2.75) is 103 Å². The second-order valence-electron chi connectivity index (χ2n) is 10.1. The highest BCUT2D eigenvalue weighted by atomic mass is 16.5. The van der Waals surface area contributed by atoms with Crippen LogP contribution in [0.2, 0.25) is 0 Å². The quantitative estimate of drug-likeness (QED) is 0.284. The van der Waals surface area contributed by atoms with E-state index in [9.17, 15) is 0 Å². The highest BCUT2D eigenvalue weighted by Gasteiger charge is 2.27. The molecule has 0 radical (unpaired) electrons. The number of hydrogen-bond acceptors (Lipinski definition) is 1. The fraction of sp³-hybridized carbons (Fsp3) is 0.846. The summed E-state index contributed by atoms with van der Waals surface area (Å²) < 4.78 is 6.13. The second-order valence-corrected chi connectivity index (χ2v) is 10.1. The smallest absolute Gasteiger partial charge is 0.0654 e. The van der Waals surface area contributed by atoms with Crippen LogP contribution < -0.4 is 0 Å². The van der Waals surface area contributed by atoms with Gasteiger partial charge in [0.25, 0.3) is 0 Å². The van der Waals surface area contributed by atoms with E-state index in [1.54, 1.807) is 11.1 Å². The van der Waals surface area contributed by atoms with E-state index in [1.807, 2.05) is 0 Å². The molecule has 1 heteroatoms. The monoisotopic (exact) mass is 370 g/mol. The lowest BCUT2D eigenvalue weighted by atomic mass is 9.81. The van der Waals surface area contributed by atoms with Gasteiger partial charge < -0.3 is 4.74 Å². The first kappa shape index (κ1) is 19.7. The van der Waals surface area contributed by atoms with Crippen molar-refractivity contribution in [2.75, 3.05) is 13.2 Å². The predicted molar refractivity (Wildman–Crippen MR) is 115 cm³/mol. The minimum atomic E-state index is 0.844. The zero-order valence-corrected chi connectivity index (χ0v) is 17.6. The maximum absolute atomic E-state index is 6.13. The van der Waals surface area contributed by atoms with Crippen molar-refractivity contribution in [3.63, 3.8) is 0 Å². The first-order valence-electron chi connectivity index (χ1n) is 12.3. The molecular formula is C26H42O. The van der Waals surface area contributed by atoms with Crippen LogP contribution in [0.4, 0.5) is 0 Å². The summed E-state index contributed by atoms with van der Waals surface area (Å²) in [7, 11) is 0. The van der Waals surface area contributed by atoms with Crippen molar-refractivity contribution in [2.24, 2.45) is 23.7 Å². The summed E-state index contributed by atoms with van der Waals surface area (Å²) in [5.74, 6) is 3.78. The molecule has 4 fully saturated rings. The SMILES string of the molecule is C(COCC=C(CC1CC1)C1CCCCC1)=C(CC1CC1)C1CCCCC1. The minimum Gasteiger partial charge on any atom is -0.373 e. The van der Waals surface area contributed by atoms with Gasteiger partial charge in [-0.05, 0) is 87.9 Å². The van der Waals surface area contributed by atoms with Crippen LogP contribution in [-0.4, -0.2) is 13.2 Å². The lowest BCUT2D eigenvalue weighted by Crippen LogP contribution is -2.12. The topological polar surface area (TPSA) is 9.23 Å². The maximum atomic E-state index is 6.13. The molecule has 27 heavy (non-hydrogen) atoms. The first-order valence-corrected chi connectivity index (χ1v) is 12.3. The van der Waals surface area contributed by atoms with Gasteiger partial charge in [0.05, 0.1) is 13.2 Å². The van der Waals surface area contributed by atoms with Crippen molar-refractivity contribution in [1.29, 1.82) is 0 Å². The summed E-state index contributed by atoms with van der Waals surface area (Å²) in [5, 5.41) is 0. The van der Waals surface area contributed by atoms with Crippen molar-refractivity contribution < 1.29 is 4.74 Å². The number of ether oxygens (including phenoxy) is 1. The molecule has 4 aliphatic rings. The lowest BCUT2D eigenvalue weighted by Gasteiger charge is -2.25. The summed E-state index contributed by atoms with van der Waals surface area (Å²) >= 11 is 0. The molecular weight excluding hydrogens is 328 g/mol. The van der Waals surface area contributed by atoms with Gasteiger partial charge in [0.2, 0.25) is 0 Å². The molecule has 0 aromatic carbocycles. The molecule has 0 aromatic heterocycles. The normalized spacial score (nSPS) is 26.5. The summed E-state index contributed by atoms with van der Waals surface area (Å²) in [6.07, 6.45) is 28.1. The molecule has 0 unspecified atom stereocenters. The zero-order valence-electron chi connectivity index (χ0n) is 17.6. The number of allylic oxidation sites excluding steroid dienone is 2. The van der Waals surface area contributed by atoms with Crippen molar-refractivity contribution in [3.05, 3.63) is 23.3 Å². The Balaban J connectivity index is 1.26. The van der Waals surface area contributed by atoms with Gasteiger partial charge in [0.1, 0.15) is 0 Å². The molecule has 0 N–H and O–H groups in total. The fourth-order valence-electron chi connectivity index (χ4n) is 5.49. The average Bonchev–Trinajstić information content (AvgIpc) is 3.63. The van der Waals surface area contributed by atoms with Gasteiger partial charge in [-0.1, -0.05) is 61.8 Å². The molecule has 0 heterocycles. The highest BCUT2D eigenvalue weighted by Crippen LogP contribution is 2.41. The molecule has 1 nitrogen and oxygen atoms in total. The first-order chi connectivity index (χ1) is 13.4.